The normalized spacial score (nSPS) is 19.4. The van der Waals surface area contributed by atoms with E-state index in [1.165, 1.54) is 4.90 Å². The first-order valence-corrected chi connectivity index (χ1v) is 6.40. The maximum Gasteiger partial charge on any atom is 0.326 e. The fourth-order valence-corrected chi connectivity index (χ4v) is 2.24. The molecule has 1 aliphatic rings. The van der Waals surface area contributed by atoms with Crippen LogP contribution in [-0.4, -0.2) is 52.6 Å². The molecule has 5 nitrogen and oxygen atoms in total. The van der Waals surface area contributed by atoms with Gasteiger partial charge in [0, 0.05) is 19.6 Å². The third kappa shape index (κ3) is 3.48. The Morgan fingerprint density at radius 3 is 2.61 bits per heavy atom. The van der Waals surface area contributed by atoms with E-state index in [0.717, 1.165) is 18.4 Å². The van der Waals surface area contributed by atoms with Gasteiger partial charge in [-0.2, -0.15) is 0 Å². The number of amides is 2. The number of urea groups is 1. The second kappa shape index (κ2) is 6.42. The van der Waals surface area contributed by atoms with Crippen molar-refractivity contribution in [1.82, 2.24) is 9.80 Å². The zero-order valence-electron chi connectivity index (χ0n) is 11.2. The third-order valence-electron chi connectivity index (χ3n) is 3.15. The number of carbonyl (C=O) groups is 2. The van der Waals surface area contributed by atoms with Crippen LogP contribution in [0.1, 0.15) is 33.1 Å². The Hall–Kier alpha value is -1.52. The number of carboxylic acid groups (broad SMARTS) is 1. The van der Waals surface area contributed by atoms with Crippen molar-refractivity contribution in [3.63, 3.8) is 0 Å². The zero-order chi connectivity index (χ0) is 13.7. The van der Waals surface area contributed by atoms with Gasteiger partial charge in [0.2, 0.25) is 0 Å². The van der Waals surface area contributed by atoms with Crippen LogP contribution in [0.4, 0.5) is 4.79 Å². The second-order valence-corrected chi connectivity index (χ2v) is 4.80. The molecule has 5 heteroatoms. The van der Waals surface area contributed by atoms with Gasteiger partial charge in [-0.1, -0.05) is 12.2 Å². The number of piperidine rings is 1. The molecular formula is C13H22N2O3. The van der Waals surface area contributed by atoms with Crippen molar-refractivity contribution in [3.05, 3.63) is 12.2 Å². The van der Waals surface area contributed by atoms with Crippen LogP contribution in [0, 0.1) is 0 Å². The molecule has 1 unspecified atom stereocenters. The Bertz CT molecular complexity index is 341. The average molecular weight is 254 g/mol. The number of aliphatic carboxylic acids is 1. The van der Waals surface area contributed by atoms with E-state index < -0.39 is 12.0 Å². The summed E-state index contributed by atoms with van der Waals surface area (Å²) in [4.78, 5) is 26.6. The minimum absolute atomic E-state index is 0.187. The van der Waals surface area contributed by atoms with Crippen molar-refractivity contribution in [1.29, 1.82) is 0 Å². The van der Waals surface area contributed by atoms with Crippen LogP contribution in [0.2, 0.25) is 0 Å². The monoisotopic (exact) mass is 254 g/mol. The smallest absolute Gasteiger partial charge is 0.326 e. The van der Waals surface area contributed by atoms with Crippen LogP contribution in [0.3, 0.4) is 0 Å². The lowest BCUT2D eigenvalue weighted by molar-refractivity contribution is -0.143. The molecule has 1 rings (SSSR count). The molecule has 1 atom stereocenters. The lowest BCUT2D eigenvalue weighted by Gasteiger charge is -2.36. The molecule has 0 radical (unpaired) electrons. The van der Waals surface area contributed by atoms with Crippen molar-refractivity contribution >= 4 is 12.0 Å². The Labute approximate surface area is 108 Å². The van der Waals surface area contributed by atoms with E-state index in [2.05, 4.69) is 6.58 Å². The molecule has 2 amide bonds. The van der Waals surface area contributed by atoms with Gasteiger partial charge >= 0.3 is 12.0 Å². The molecule has 0 bridgehead atoms. The summed E-state index contributed by atoms with van der Waals surface area (Å²) in [5.74, 6) is -0.908. The summed E-state index contributed by atoms with van der Waals surface area (Å²) in [6, 6.07) is -0.863. The first-order chi connectivity index (χ1) is 8.47. The van der Waals surface area contributed by atoms with Crippen LogP contribution < -0.4 is 0 Å². The molecule has 0 aromatic heterocycles. The fourth-order valence-electron chi connectivity index (χ4n) is 2.24. The molecule has 1 N–H and O–H groups in total. The highest BCUT2D eigenvalue weighted by Gasteiger charge is 2.33. The number of carbonyl (C=O) groups excluding carboxylic acids is 1. The quantitative estimate of drug-likeness (QED) is 0.780. The van der Waals surface area contributed by atoms with E-state index >= 15 is 0 Å². The average Bonchev–Trinajstić information content (AvgIpc) is 2.34. The van der Waals surface area contributed by atoms with E-state index in [9.17, 15) is 9.59 Å². The number of hydrogen-bond donors (Lipinski definition) is 1. The van der Waals surface area contributed by atoms with Crippen LogP contribution >= 0.6 is 0 Å². The summed E-state index contributed by atoms with van der Waals surface area (Å²) >= 11 is 0. The van der Waals surface area contributed by atoms with E-state index in [4.69, 9.17) is 5.11 Å². The van der Waals surface area contributed by atoms with Crippen LogP contribution in [0.25, 0.3) is 0 Å². The summed E-state index contributed by atoms with van der Waals surface area (Å²) in [7, 11) is 0. The molecule has 1 saturated heterocycles. The van der Waals surface area contributed by atoms with E-state index in [1.807, 2.05) is 13.8 Å². The maximum atomic E-state index is 12.3. The van der Waals surface area contributed by atoms with Gasteiger partial charge in [0.15, 0.2) is 0 Å². The molecule has 0 aliphatic carbocycles. The maximum absolute atomic E-state index is 12.3. The van der Waals surface area contributed by atoms with Gasteiger partial charge < -0.3 is 14.9 Å². The lowest BCUT2D eigenvalue weighted by Crippen LogP contribution is -2.53. The number of nitrogens with zero attached hydrogens (tertiary/aromatic N) is 2. The molecule has 1 aliphatic heterocycles. The number of rotatable bonds is 4. The van der Waals surface area contributed by atoms with Gasteiger partial charge in [-0.25, -0.2) is 9.59 Å². The van der Waals surface area contributed by atoms with Crippen LogP contribution in [0.5, 0.6) is 0 Å². The Kier molecular flexibility index (Phi) is 5.19. The van der Waals surface area contributed by atoms with Crippen LogP contribution in [0.15, 0.2) is 12.2 Å². The number of likely N-dealkylation sites (tertiary alicyclic amines) is 1. The highest BCUT2D eigenvalue weighted by atomic mass is 16.4. The summed E-state index contributed by atoms with van der Waals surface area (Å²) in [5.41, 5.74) is 0.897. The lowest BCUT2D eigenvalue weighted by atomic mass is 10.0. The SMILES string of the molecule is C=C(C)CN(CC)C(=O)N1CCCCC1C(=O)O. The molecule has 18 heavy (non-hydrogen) atoms. The van der Waals surface area contributed by atoms with Gasteiger partial charge in [-0.05, 0) is 33.1 Å². The minimum Gasteiger partial charge on any atom is -0.480 e. The van der Waals surface area contributed by atoms with Gasteiger partial charge in [-0.15, -0.1) is 0 Å². The van der Waals surface area contributed by atoms with Crippen molar-refractivity contribution in [2.75, 3.05) is 19.6 Å². The van der Waals surface area contributed by atoms with Crippen LogP contribution in [-0.2, 0) is 4.79 Å². The van der Waals surface area contributed by atoms with Gasteiger partial charge in [0.1, 0.15) is 6.04 Å². The molecule has 1 fully saturated rings. The Morgan fingerprint density at radius 1 is 1.44 bits per heavy atom. The van der Waals surface area contributed by atoms with Crippen molar-refractivity contribution in [2.45, 2.75) is 39.2 Å². The molecular weight excluding hydrogens is 232 g/mol. The standard InChI is InChI=1S/C13H22N2O3/c1-4-14(9-10(2)3)13(18)15-8-6-5-7-11(15)12(16)17/h11H,2,4-9H2,1,3H3,(H,16,17). The second-order valence-electron chi connectivity index (χ2n) is 4.80. The van der Waals surface area contributed by atoms with Gasteiger partial charge in [0.05, 0.1) is 0 Å². The van der Waals surface area contributed by atoms with Crippen molar-refractivity contribution in [2.24, 2.45) is 0 Å². The number of likely N-dealkylation sites (N-methyl/N-ethyl adjacent to an activating group) is 1. The number of carboxylic acids is 1. The highest BCUT2D eigenvalue weighted by molar-refractivity contribution is 5.83. The summed E-state index contributed by atoms with van der Waals surface area (Å²) in [6.45, 7) is 9.13. The summed E-state index contributed by atoms with van der Waals surface area (Å²) in [6.07, 6.45) is 2.29. The predicted molar refractivity (Wildman–Crippen MR) is 69.4 cm³/mol. The van der Waals surface area contributed by atoms with E-state index in [0.29, 0.717) is 26.1 Å². The molecule has 0 aromatic carbocycles. The molecule has 1 heterocycles. The predicted octanol–water partition coefficient (Wildman–Crippen LogP) is 1.94. The Morgan fingerprint density at radius 2 is 2.11 bits per heavy atom. The largest absolute Gasteiger partial charge is 0.480 e. The molecule has 102 valence electrons. The first-order valence-electron chi connectivity index (χ1n) is 6.40. The Balaban J connectivity index is 2.78. The minimum atomic E-state index is -0.908. The first kappa shape index (κ1) is 14.5. The van der Waals surface area contributed by atoms with E-state index in [1.54, 1.807) is 4.90 Å². The highest BCUT2D eigenvalue weighted by Crippen LogP contribution is 2.19. The zero-order valence-corrected chi connectivity index (χ0v) is 11.2. The fraction of sp³-hybridized carbons (Fsp3) is 0.692. The van der Waals surface area contributed by atoms with E-state index in [-0.39, 0.29) is 6.03 Å². The number of hydrogen-bond acceptors (Lipinski definition) is 2. The summed E-state index contributed by atoms with van der Waals surface area (Å²) < 4.78 is 0. The van der Waals surface area contributed by atoms with Gasteiger partial charge in [0.25, 0.3) is 0 Å². The summed E-state index contributed by atoms with van der Waals surface area (Å²) in [5, 5.41) is 9.16. The molecule has 0 aromatic rings. The topological polar surface area (TPSA) is 60.9 Å². The van der Waals surface area contributed by atoms with Crippen molar-refractivity contribution < 1.29 is 14.7 Å². The third-order valence-corrected chi connectivity index (χ3v) is 3.15. The molecule has 0 spiro atoms. The van der Waals surface area contributed by atoms with Gasteiger partial charge in [-0.3, -0.25) is 0 Å². The molecule has 0 saturated carbocycles. The van der Waals surface area contributed by atoms with Crippen molar-refractivity contribution in [3.8, 4) is 0 Å².